The van der Waals surface area contributed by atoms with E-state index < -0.39 is 17.6 Å². The average Bonchev–Trinajstić information content (AvgIpc) is 3.10. The first-order chi connectivity index (χ1) is 14.2. The van der Waals surface area contributed by atoms with E-state index in [1.807, 2.05) is 26.8 Å². The van der Waals surface area contributed by atoms with Gasteiger partial charge in [-0.05, 0) is 29.9 Å². The lowest BCUT2D eigenvalue weighted by Gasteiger charge is -2.32. The molecule has 0 fully saturated rings. The monoisotopic (exact) mass is 412 g/mol. The number of H-pyrrole nitrogens is 1. The quantitative estimate of drug-likeness (QED) is 0.578. The summed E-state index contributed by atoms with van der Waals surface area (Å²) in [6, 6.07) is 4.30. The molecule has 0 spiro atoms. The van der Waals surface area contributed by atoms with E-state index in [1.54, 1.807) is 6.20 Å². The molecule has 1 atom stereocenters. The van der Waals surface area contributed by atoms with Crippen LogP contribution in [-0.2, 0) is 11.2 Å². The zero-order valence-electron chi connectivity index (χ0n) is 17.0. The van der Waals surface area contributed by atoms with E-state index in [0.29, 0.717) is 23.0 Å². The third kappa shape index (κ3) is 4.15. The number of carboxylic acid groups (broad SMARTS) is 1. The largest absolute Gasteiger partial charge is 0.481 e. The Morgan fingerprint density at radius 3 is 2.73 bits per heavy atom. The van der Waals surface area contributed by atoms with Crippen LogP contribution < -0.4 is 0 Å². The van der Waals surface area contributed by atoms with E-state index in [2.05, 4.69) is 15.0 Å². The molecule has 0 aromatic carbocycles. The minimum Gasteiger partial charge on any atom is -0.481 e. The summed E-state index contributed by atoms with van der Waals surface area (Å²) in [5.41, 5.74) is 0.782. The summed E-state index contributed by atoms with van der Waals surface area (Å²) in [4.78, 5) is 22.6. The van der Waals surface area contributed by atoms with Crippen LogP contribution in [0.2, 0.25) is 0 Å². The van der Waals surface area contributed by atoms with Crippen molar-refractivity contribution in [3.8, 4) is 17.3 Å². The Labute approximate surface area is 172 Å². The molecule has 0 saturated heterocycles. The number of carboxylic acids is 1. The maximum atomic E-state index is 14.8. The lowest BCUT2D eigenvalue weighted by molar-refractivity contribution is -0.139. The molecule has 0 radical (unpaired) electrons. The number of rotatable bonds is 7. The molecule has 6 nitrogen and oxygen atoms in total. The first-order valence-electron chi connectivity index (χ1n) is 9.60. The number of aromatic nitrogens is 3. The molecule has 0 aliphatic carbocycles. The van der Waals surface area contributed by atoms with Gasteiger partial charge in [-0.2, -0.15) is 5.26 Å². The van der Waals surface area contributed by atoms with E-state index in [1.165, 1.54) is 6.07 Å². The zero-order chi connectivity index (χ0) is 22.1. The van der Waals surface area contributed by atoms with Gasteiger partial charge in [-0.15, -0.1) is 0 Å². The van der Waals surface area contributed by atoms with Crippen LogP contribution in [0.25, 0.3) is 22.3 Å². The fraction of sp³-hybridized carbons (Fsp3) is 0.364. The summed E-state index contributed by atoms with van der Waals surface area (Å²) < 4.78 is 28.5. The Bertz CT molecular complexity index is 1150. The van der Waals surface area contributed by atoms with E-state index in [-0.39, 0.29) is 41.1 Å². The average molecular weight is 412 g/mol. The van der Waals surface area contributed by atoms with Crippen LogP contribution in [0, 0.1) is 34.3 Å². The first-order valence-corrected chi connectivity index (χ1v) is 9.60. The number of nitrogens with zero attached hydrogens (tertiary/aromatic N) is 3. The standard InChI is InChI=1S/C22H22F2N4O2/c1-4-22(2,3)13(7-19(29)30)6-18-17(24)5-12(9-25)20(28-18)16-11-27-21-15(16)8-14(23)10-26-21/h5,8,10-11,13H,4,6-7H2,1-3H3,(H,26,27)(H,29,30). The number of nitriles is 1. The summed E-state index contributed by atoms with van der Waals surface area (Å²) in [6.45, 7) is 5.84. The minimum absolute atomic E-state index is 0.00551. The Hall–Kier alpha value is -3.34. The van der Waals surface area contributed by atoms with Crippen LogP contribution in [-0.4, -0.2) is 26.0 Å². The zero-order valence-corrected chi connectivity index (χ0v) is 17.0. The number of hydrogen-bond acceptors (Lipinski definition) is 4. The van der Waals surface area contributed by atoms with E-state index in [4.69, 9.17) is 0 Å². The van der Waals surface area contributed by atoms with Gasteiger partial charge in [0.05, 0.1) is 23.1 Å². The van der Waals surface area contributed by atoms with Gasteiger partial charge in [-0.1, -0.05) is 27.2 Å². The molecule has 0 aliphatic heterocycles. The smallest absolute Gasteiger partial charge is 0.303 e. The molecule has 0 bridgehead atoms. The maximum Gasteiger partial charge on any atom is 0.303 e. The predicted octanol–water partition coefficient (Wildman–Crippen LogP) is 4.84. The Balaban J connectivity index is 2.12. The van der Waals surface area contributed by atoms with Gasteiger partial charge in [-0.25, -0.2) is 18.7 Å². The number of carbonyl (C=O) groups is 1. The van der Waals surface area contributed by atoms with E-state index in [9.17, 15) is 23.9 Å². The van der Waals surface area contributed by atoms with Crippen LogP contribution in [0.3, 0.4) is 0 Å². The molecule has 3 aromatic heterocycles. The van der Waals surface area contributed by atoms with Crippen molar-refractivity contribution in [1.82, 2.24) is 15.0 Å². The number of pyridine rings is 2. The van der Waals surface area contributed by atoms with Crippen molar-refractivity contribution < 1.29 is 18.7 Å². The second-order valence-corrected chi connectivity index (χ2v) is 8.02. The molecule has 0 saturated carbocycles. The van der Waals surface area contributed by atoms with Gasteiger partial charge in [0.1, 0.15) is 23.4 Å². The summed E-state index contributed by atoms with van der Waals surface area (Å²) in [5, 5.41) is 19.2. The molecule has 3 aromatic rings. The Morgan fingerprint density at radius 2 is 2.10 bits per heavy atom. The minimum atomic E-state index is -0.964. The molecule has 156 valence electrons. The molecule has 0 amide bonds. The number of aromatic amines is 1. The topological polar surface area (TPSA) is 103 Å². The van der Waals surface area contributed by atoms with Crippen molar-refractivity contribution in [2.75, 3.05) is 0 Å². The first kappa shape index (κ1) is 21.4. The van der Waals surface area contributed by atoms with Crippen LogP contribution in [0.5, 0.6) is 0 Å². The van der Waals surface area contributed by atoms with Crippen molar-refractivity contribution in [3.63, 3.8) is 0 Å². The fourth-order valence-corrected chi connectivity index (χ4v) is 3.49. The number of nitrogens with one attached hydrogen (secondary N) is 1. The Morgan fingerprint density at radius 1 is 1.37 bits per heavy atom. The molecule has 0 aliphatic rings. The second kappa shape index (κ2) is 8.19. The molecule has 1 unspecified atom stereocenters. The van der Waals surface area contributed by atoms with Crippen molar-refractivity contribution in [2.24, 2.45) is 11.3 Å². The summed E-state index contributed by atoms with van der Waals surface area (Å²) >= 11 is 0. The number of aliphatic carboxylic acids is 1. The third-order valence-corrected chi connectivity index (χ3v) is 5.80. The van der Waals surface area contributed by atoms with Crippen LogP contribution in [0.1, 0.15) is 44.9 Å². The molecule has 2 N–H and O–H groups in total. The van der Waals surface area contributed by atoms with Gasteiger partial charge in [0, 0.05) is 23.6 Å². The summed E-state index contributed by atoms with van der Waals surface area (Å²) in [7, 11) is 0. The number of halogens is 2. The SMILES string of the molecule is CCC(C)(C)C(CC(=O)O)Cc1nc(-c2c[nH]c3ncc(F)cc23)c(C#N)cc1F. The highest BCUT2D eigenvalue weighted by molar-refractivity contribution is 5.93. The van der Waals surface area contributed by atoms with Crippen LogP contribution >= 0.6 is 0 Å². The normalized spacial score (nSPS) is 12.7. The van der Waals surface area contributed by atoms with E-state index in [0.717, 1.165) is 12.3 Å². The lowest BCUT2D eigenvalue weighted by atomic mass is 9.72. The molecule has 3 heterocycles. The van der Waals surface area contributed by atoms with Crippen molar-refractivity contribution >= 4 is 17.0 Å². The molecule has 30 heavy (non-hydrogen) atoms. The lowest BCUT2D eigenvalue weighted by Crippen LogP contribution is -2.28. The van der Waals surface area contributed by atoms with Crippen LogP contribution in [0.4, 0.5) is 8.78 Å². The maximum absolute atomic E-state index is 14.8. The highest BCUT2D eigenvalue weighted by Crippen LogP contribution is 2.37. The van der Waals surface area contributed by atoms with Gasteiger partial charge in [0.15, 0.2) is 0 Å². The summed E-state index contributed by atoms with van der Waals surface area (Å²) in [6.07, 6.45) is 3.31. The van der Waals surface area contributed by atoms with Crippen molar-refractivity contribution in [3.05, 3.63) is 47.4 Å². The second-order valence-electron chi connectivity index (χ2n) is 8.02. The molecule has 3 rings (SSSR count). The molecular weight excluding hydrogens is 390 g/mol. The van der Waals surface area contributed by atoms with E-state index >= 15 is 0 Å². The molecular formula is C22H22F2N4O2. The Kier molecular flexibility index (Phi) is 5.83. The highest BCUT2D eigenvalue weighted by atomic mass is 19.1. The van der Waals surface area contributed by atoms with Crippen molar-refractivity contribution in [2.45, 2.75) is 40.0 Å². The number of fused-ring (bicyclic) bond motifs is 1. The van der Waals surface area contributed by atoms with Gasteiger partial charge >= 0.3 is 5.97 Å². The van der Waals surface area contributed by atoms with Gasteiger partial charge in [0.25, 0.3) is 0 Å². The third-order valence-electron chi connectivity index (χ3n) is 5.80. The van der Waals surface area contributed by atoms with Crippen LogP contribution in [0.15, 0.2) is 24.5 Å². The van der Waals surface area contributed by atoms with Gasteiger partial charge in [0.2, 0.25) is 0 Å². The highest BCUT2D eigenvalue weighted by Gasteiger charge is 2.31. The van der Waals surface area contributed by atoms with Gasteiger partial charge < -0.3 is 10.1 Å². The number of hydrogen-bond donors (Lipinski definition) is 2. The predicted molar refractivity (Wildman–Crippen MR) is 107 cm³/mol. The van der Waals surface area contributed by atoms with Gasteiger partial charge in [-0.3, -0.25) is 4.79 Å². The van der Waals surface area contributed by atoms with Crippen molar-refractivity contribution in [1.29, 1.82) is 5.26 Å². The molecule has 8 heteroatoms. The summed E-state index contributed by atoms with van der Waals surface area (Å²) in [5.74, 6) is -2.53. The fourth-order valence-electron chi connectivity index (χ4n) is 3.49.